The van der Waals surface area contributed by atoms with Gasteiger partial charge in [0.25, 0.3) is 10.1 Å². The molecule has 20 heavy (non-hydrogen) atoms. The average Bonchev–Trinajstić information content (AvgIpc) is 2.94. The molecule has 0 unspecified atom stereocenters. The molecule has 0 aliphatic carbocycles. The Labute approximate surface area is 116 Å². The second kappa shape index (κ2) is 5.86. The molecule has 0 bridgehead atoms. The summed E-state index contributed by atoms with van der Waals surface area (Å²) in [5.41, 5.74) is 0.624. The van der Waals surface area contributed by atoms with Gasteiger partial charge in [0, 0.05) is 5.56 Å². The molecule has 6 nitrogen and oxygen atoms in total. The lowest BCUT2D eigenvalue weighted by Gasteiger charge is -2.03. The third kappa shape index (κ3) is 3.04. The molecule has 0 saturated heterocycles. The standard InChI is InChI=1S/C13H13N2O4S/c1-2-15-8-6-13(19-15)11-4-3-5-12(10-11)20(16,17)18-9-7-14/h3-6,8,10H,2,9H2,1H3/q+1. The molecular weight excluding hydrogens is 280 g/mol. The maximum atomic E-state index is 11.8. The minimum Gasteiger partial charge on any atom is -0.251 e. The Morgan fingerprint density at radius 2 is 2.20 bits per heavy atom. The quantitative estimate of drug-likeness (QED) is 0.616. The summed E-state index contributed by atoms with van der Waals surface area (Å²) in [5, 5.41) is 8.38. The van der Waals surface area contributed by atoms with Gasteiger partial charge in [0.2, 0.25) is 12.0 Å². The fraction of sp³-hybridized carbons (Fsp3) is 0.231. The molecule has 0 fully saturated rings. The van der Waals surface area contributed by atoms with Crippen LogP contribution < -0.4 is 4.74 Å². The number of aryl methyl sites for hydroxylation is 1. The second-order valence-corrected chi connectivity index (χ2v) is 5.52. The lowest BCUT2D eigenvalue weighted by Crippen LogP contribution is -2.27. The summed E-state index contributed by atoms with van der Waals surface area (Å²) in [4.78, 5) is -0.00954. The lowest BCUT2D eigenvalue weighted by molar-refractivity contribution is -0.860. The van der Waals surface area contributed by atoms with Gasteiger partial charge in [-0.3, -0.25) is 4.18 Å². The fourth-order valence-corrected chi connectivity index (χ4v) is 2.49. The minimum absolute atomic E-state index is 0.00954. The lowest BCUT2D eigenvalue weighted by atomic mass is 10.2. The molecule has 1 aromatic carbocycles. The van der Waals surface area contributed by atoms with Gasteiger partial charge in [-0.1, -0.05) is 12.1 Å². The van der Waals surface area contributed by atoms with Gasteiger partial charge in [0.1, 0.15) is 0 Å². The van der Waals surface area contributed by atoms with Crippen LogP contribution >= 0.6 is 0 Å². The monoisotopic (exact) mass is 293 g/mol. The number of benzene rings is 1. The van der Waals surface area contributed by atoms with E-state index in [1.54, 1.807) is 35.2 Å². The van der Waals surface area contributed by atoms with Crippen LogP contribution in [0.1, 0.15) is 6.92 Å². The van der Waals surface area contributed by atoms with Crippen molar-refractivity contribution >= 4 is 10.1 Å². The number of rotatable bonds is 5. The van der Waals surface area contributed by atoms with Crippen molar-refractivity contribution in [1.82, 2.24) is 0 Å². The van der Waals surface area contributed by atoms with Crippen LogP contribution in [0.2, 0.25) is 0 Å². The molecular formula is C13H13N2O4S+. The SMILES string of the molecule is CC[n+]1ccc(-c2cccc(S(=O)(=O)OCC#N)c2)o1. The van der Waals surface area contributed by atoms with E-state index < -0.39 is 16.7 Å². The smallest absolute Gasteiger partial charge is 0.251 e. The minimum atomic E-state index is -3.92. The van der Waals surface area contributed by atoms with Gasteiger partial charge in [-0.2, -0.15) is 13.7 Å². The van der Waals surface area contributed by atoms with Crippen molar-refractivity contribution in [3.8, 4) is 17.4 Å². The highest BCUT2D eigenvalue weighted by Gasteiger charge is 2.17. The Morgan fingerprint density at radius 1 is 1.40 bits per heavy atom. The van der Waals surface area contributed by atoms with Crippen LogP contribution in [-0.4, -0.2) is 15.0 Å². The Bertz CT molecular complexity index is 744. The first-order valence-corrected chi connectivity index (χ1v) is 7.34. The van der Waals surface area contributed by atoms with Crippen LogP contribution in [0.15, 0.2) is 45.9 Å². The van der Waals surface area contributed by atoms with E-state index in [1.165, 1.54) is 12.1 Å². The van der Waals surface area contributed by atoms with Gasteiger partial charge in [-0.15, -0.1) is 0 Å². The molecule has 2 aromatic rings. The summed E-state index contributed by atoms with van der Waals surface area (Å²) < 4.78 is 35.3. The predicted octanol–water partition coefficient (Wildman–Crippen LogP) is 1.48. The van der Waals surface area contributed by atoms with E-state index in [0.29, 0.717) is 17.9 Å². The first-order chi connectivity index (χ1) is 9.56. The molecule has 1 heterocycles. The van der Waals surface area contributed by atoms with Crippen molar-refractivity contribution in [3.05, 3.63) is 36.5 Å². The number of nitriles is 1. The van der Waals surface area contributed by atoms with Crippen LogP contribution in [0.5, 0.6) is 0 Å². The first kappa shape index (κ1) is 14.2. The van der Waals surface area contributed by atoms with Crippen molar-refractivity contribution in [2.75, 3.05) is 6.61 Å². The van der Waals surface area contributed by atoms with E-state index in [-0.39, 0.29) is 4.90 Å². The highest BCUT2D eigenvalue weighted by molar-refractivity contribution is 7.86. The summed E-state index contributed by atoms with van der Waals surface area (Å²) in [5.74, 6) is 0.559. The summed E-state index contributed by atoms with van der Waals surface area (Å²) in [6.07, 6.45) is 1.77. The van der Waals surface area contributed by atoms with E-state index in [0.717, 1.165) is 0 Å². The van der Waals surface area contributed by atoms with E-state index in [2.05, 4.69) is 4.18 Å². The van der Waals surface area contributed by atoms with Crippen LogP contribution in [-0.2, 0) is 20.8 Å². The van der Waals surface area contributed by atoms with Crippen LogP contribution in [0.4, 0.5) is 0 Å². The molecule has 0 atom stereocenters. The van der Waals surface area contributed by atoms with Gasteiger partial charge >= 0.3 is 0 Å². The highest BCUT2D eigenvalue weighted by Crippen LogP contribution is 2.22. The molecule has 7 heteroatoms. The largest absolute Gasteiger partial charge is 0.297 e. The van der Waals surface area contributed by atoms with Crippen LogP contribution in [0.3, 0.4) is 0 Å². The topological polar surface area (TPSA) is 84.2 Å². The normalized spacial score (nSPS) is 11.2. The third-order valence-corrected chi connectivity index (χ3v) is 3.86. The zero-order valence-electron chi connectivity index (χ0n) is 10.8. The van der Waals surface area contributed by atoms with Crippen molar-refractivity contribution in [2.45, 2.75) is 18.4 Å². The predicted molar refractivity (Wildman–Crippen MR) is 68.8 cm³/mol. The summed E-state index contributed by atoms with van der Waals surface area (Å²) in [6.45, 7) is 2.11. The molecule has 2 rings (SSSR count). The molecule has 0 spiro atoms. The average molecular weight is 293 g/mol. The van der Waals surface area contributed by atoms with Gasteiger partial charge in [-0.05, 0) is 23.8 Å². The van der Waals surface area contributed by atoms with Crippen molar-refractivity contribution in [1.29, 1.82) is 5.26 Å². The Morgan fingerprint density at radius 3 is 2.85 bits per heavy atom. The van der Waals surface area contributed by atoms with E-state index in [9.17, 15) is 8.42 Å². The third-order valence-electron chi connectivity index (χ3n) is 2.61. The first-order valence-electron chi connectivity index (χ1n) is 5.93. The summed E-state index contributed by atoms with van der Waals surface area (Å²) in [7, 11) is -3.92. The second-order valence-electron chi connectivity index (χ2n) is 3.91. The molecule has 1 aromatic heterocycles. The van der Waals surface area contributed by atoms with Gasteiger partial charge < -0.3 is 0 Å². The highest BCUT2D eigenvalue weighted by atomic mass is 32.2. The van der Waals surface area contributed by atoms with Gasteiger partial charge in [-0.25, -0.2) is 4.52 Å². The van der Waals surface area contributed by atoms with Gasteiger partial charge in [0.15, 0.2) is 13.2 Å². The molecule has 0 aliphatic rings. The summed E-state index contributed by atoms with van der Waals surface area (Å²) >= 11 is 0. The van der Waals surface area contributed by atoms with Crippen LogP contribution in [0.25, 0.3) is 11.3 Å². The number of aromatic nitrogens is 1. The summed E-state index contributed by atoms with van der Waals surface area (Å²) in [6, 6.07) is 9.57. The maximum absolute atomic E-state index is 11.8. The number of nitrogens with zero attached hydrogens (tertiary/aromatic N) is 2. The number of hydrogen-bond donors (Lipinski definition) is 0. The molecule has 0 saturated carbocycles. The zero-order valence-corrected chi connectivity index (χ0v) is 11.6. The Kier molecular flexibility index (Phi) is 4.17. The molecule has 0 radical (unpaired) electrons. The van der Waals surface area contributed by atoms with E-state index in [4.69, 9.17) is 9.78 Å². The fourth-order valence-electron chi connectivity index (χ4n) is 1.63. The van der Waals surface area contributed by atoms with Gasteiger partial charge in [0.05, 0.1) is 17.0 Å². The van der Waals surface area contributed by atoms with Crippen molar-refractivity contribution in [2.24, 2.45) is 0 Å². The Balaban J connectivity index is 2.35. The Hall–Kier alpha value is -2.17. The molecule has 104 valence electrons. The maximum Gasteiger partial charge on any atom is 0.297 e. The van der Waals surface area contributed by atoms with Crippen molar-refractivity contribution in [3.63, 3.8) is 0 Å². The van der Waals surface area contributed by atoms with Crippen LogP contribution in [0, 0.1) is 11.3 Å². The molecule has 0 N–H and O–H groups in total. The molecule has 0 aliphatic heterocycles. The van der Waals surface area contributed by atoms with E-state index in [1.807, 2.05) is 6.92 Å². The molecule has 0 amide bonds. The number of hydrogen-bond acceptors (Lipinski definition) is 5. The zero-order chi connectivity index (χ0) is 14.6. The van der Waals surface area contributed by atoms with Crippen molar-refractivity contribution < 1.29 is 21.9 Å². The van der Waals surface area contributed by atoms with E-state index >= 15 is 0 Å².